The molecule has 1 N–H and O–H groups in total. The van der Waals surface area contributed by atoms with Crippen molar-refractivity contribution in [3.8, 4) is 0 Å². The first-order valence-corrected chi connectivity index (χ1v) is 11.0. The maximum atomic E-state index is 12.4. The van der Waals surface area contributed by atoms with Gasteiger partial charge in [-0.25, -0.2) is 13.7 Å². The molecule has 2 aliphatic heterocycles. The average Bonchev–Trinajstić information content (AvgIpc) is 3.26. The van der Waals surface area contributed by atoms with Gasteiger partial charge < -0.3 is 4.74 Å². The van der Waals surface area contributed by atoms with Crippen LogP contribution < -0.4 is 4.90 Å². The van der Waals surface area contributed by atoms with Gasteiger partial charge in [-0.3, -0.25) is 9.68 Å². The fraction of sp³-hybridized carbons (Fsp3) is 0.421. The molecule has 3 heterocycles. The van der Waals surface area contributed by atoms with E-state index in [-0.39, 0.29) is 12.2 Å². The Morgan fingerprint density at radius 2 is 2.00 bits per heavy atom. The van der Waals surface area contributed by atoms with E-state index in [2.05, 4.69) is 10.3 Å². The van der Waals surface area contributed by atoms with E-state index in [0.717, 1.165) is 33.6 Å². The number of hydrogen-bond acceptors (Lipinski definition) is 6. The lowest BCUT2D eigenvalue weighted by Crippen LogP contribution is -2.26. The van der Waals surface area contributed by atoms with Crippen molar-refractivity contribution >= 4 is 27.1 Å². The minimum atomic E-state index is -2.54. The Balaban J connectivity index is 1.55. The summed E-state index contributed by atoms with van der Waals surface area (Å²) in [5.41, 5.74) is 5.60. The monoisotopic (exact) mass is 401 g/mol. The minimum Gasteiger partial charge on any atom is -0.442 e. The molecule has 1 saturated heterocycles. The number of nitrogens with one attached hydrogen (secondary N) is 1. The number of benzene rings is 1. The molecule has 0 spiro atoms. The molecule has 4 rings (SSSR count). The Kier molecular flexibility index (Phi) is 4.49. The maximum absolute atomic E-state index is 12.4. The van der Waals surface area contributed by atoms with Crippen molar-refractivity contribution in [2.45, 2.75) is 33.4 Å². The summed E-state index contributed by atoms with van der Waals surface area (Å²) >= 11 is 0. The van der Waals surface area contributed by atoms with Gasteiger partial charge in [0, 0.05) is 11.9 Å². The first-order valence-electron chi connectivity index (χ1n) is 9.11. The molecular weight excluding hydrogens is 378 g/mol. The Labute approximate surface area is 164 Å². The SMILES string of the molecule is Cc1cn(CC2CN(c3cc(C)c(C4=CCS(=N)(=O)C4)c(C)c3)C(=O)O2)nn1. The number of rotatable bonds is 4. The molecule has 2 aliphatic rings. The second-order valence-corrected chi connectivity index (χ2v) is 9.75. The maximum Gasteiger partial charge on any atom is 0.414 e. The number of carbonyl (C=O) groups excluding carboxylic acids is 1. The summed E-state index contributed by atoms with van der Waals surface area (Å²) in [6.45, 7) is 6.73. The van der Waals surface area contributed by atoms with Gasteiger partial charge in [-0.1, -0.05) is 11.3 Å². The molecule has 8 nitrogen and oxygen atoms in total. The van der Waals surface area contributed by atoms with E-state index in [9.17, 15) is 9.00 Å². The zero-order valence-electron chi connectivity index (χ0n) is 16.1. The standard InChI is InChI=1S/C19H23N5O3S/c1-12-6-16(7-13(2)18(12)15-4-5-28(20,26)11-15)24-10-17(27-19(24)25)9-23-8-14(3)21-22-23/h4,6-8,17,20H,5,9-11H2,1-3H3. The molecule has 2 aromatic rings. The Hall–Kier alpha value is -2.68. The Morgan fingerprint density at radius 3 is 2.57 bits per heavy atom. The highest BCUT2D eigenvalue weighted by Gasteiger charge is 2.33. The molecule has 0 radical (unpaired) electrons. The smallest absolute Gasteiger partial charge is 0.414 e. The molecule has 1 aromatic carbocycles. The third-order valence-corrected chi connectivity index (χ3v) is 6.54. The van der Waals surface area contributed by atoms with Crippen LogP contribution in [0.15, 0.2) is 24.4 Å². The van der Waals surface area contributed by atoms with Crippen LogP contribution >= 0.6 is 0 Å². The van der Waals surface area contributed by atoms with Crippen LogP contribution in [0.3, 0.4) is 0 Å². The van der Waals surface area contributed by atoms with Crippen LogP contribution in [-0.2, 0) is 21.0 Å². The number of cyclic esters (lactones) is 1. The van der Waals surface area contributed by atoms with Crippen molar-refractivity contribution in [1.29, 1.82) is 4.78 Å². The van der Waals surface area contributed by atoms with Gasteiger partial charge in [0.2, 0.25) is 0 Å². The number of hydrogen-bond donors (Lipinski definition) is 1. The van der Waals surface area contributed by atoms with E-state index in [1.54, 1.807) is 9.58 Å². The molecule has 0 bridgehead atoms. The number of carbonyl (C=O) groups is 1. The lowest BCUT2D eigenvalue weighted by atomic mass is 9.95. The van der Waals surface area contributed by atoms with Crippen molar-refractivity contribution in [2.24, 2.45) is 0 Å². The third-order valence-electron chi connectivity index (χ3n) is 5.06. The summed E-state index contributed by atoms with van der Waals surface area (Å²) in [6.07, 6.45) is 3.06. The molecule has 148 valence electrons. The molecular formula is C19H23N5O3S. The summed E-state index contributed by atoms with van der Waals surface area (Å²) in [6, 6.07) is 3.91. The highest BCUT2D eigenvalue weighted by molar-refractivity contribution is 7.93. The van der Waals surface area contributed by atoms with Crippen molar-refractivity contribution < 1.29 is 13.7 Å². The first-order chi connectivity index (χ1) is 13.2. The molecule has 2 unspecified atom stereocenters. The second kappa shape index (κ2) is 6.73. The Bertz CT molecular complexity index is 1060. The summed E-state index contributed by atoms with van der Waals surface area (Å²) in [4.78, 5) is 14.0. The van der Waals surface area contributed by atoms with E-state index in [1.165, 1.54) is 0 Å². The van der Waals surface area contributed by atoms with Crippen LogP contribution in [0.5, 0.6) is 0 Å². The minimum absolute atomic E-state index is 0.291. The van der Waals surface area contributed by atoms with E-state index in [4.69, 9.17) is 9.52 Å². The van der Waals surface area contributed by atoms with Gasteiger partial charge in [-0.2, -0.15) is 0 Å². The Morgan fingerprint density at radius 1 is 1.29 bits per heavy atom. The van der Waals surface area contributed by atoms with Crippen molar-refractivity contribution in [1.82, 2.24) is 15.0 Å². The van der Waals surface area contributed by atoms with Crippen LogP contribution in [0.1, 0.15) is 22.4 Å². The van der Waals surface area contributed by atoms with Crippen LogP contribution in [0, 0.1) is 25.6 Å². The largest absolute Gasteiger partial charge is 0.442 e. The molecule has 0 aliphatic carbocycles. The number of aryl methyl sites for hydroxylation is 3. The number of aromatic nitrogens is 3. The van der Waals surface area contributed by atoms with Gasteiger partial charge in [0.1, 0.15) is 6.10 Å². The summed E-state index contributed by atoms with van der Waals surface area (Å²) < 4.78 is 27.0. The zero-order chi connectivity index (χ0) is 20.1. The normalized spacial score (nSPS) is 24.5. The predicted molar refractivity (Wildman–Crippen MR) is 107 cm³/mol. The summed E-state index contributed by atoms with van der Waals surface area (Å²) in [5, 5.41) is 7.96. The first kappa shape index (κ1) is 18.7. The summed E-state index contributed by atoms with van der Waals surface area (Å²) in [7, 11) is -2.54. The quantitative estimate of drug-likeness (QED) is 0.849. The average molecular weight is 401 g/mol. The zero-order valence-corrected chi connectivity index (χ0v) is 17.0. The van der Waals surface area contributed by atoms with E-state index >= 15 is 0 Å². The number of nitrogens with zero attached hydrogens (tertiary/aromatic N) is 4. The van der Waals surface area contributed by atoms with Crippen LogP contribution in [-0.4, -0.2) is 49.5 Å². The summed E-state index contributed by atoms with van der Waals surface area (Å²) in [5.74, 6) is 0.601. The van der Waals surface area contributed by atoms with E-state index < -0.39 is 9.73 Å². The van der Waals surface area contributed by atoms with Crippen LogP contribution in [0.4, 0.5) is 10.5 Å². The molecule has 2 atom stereocenters. The lowest BCUT2D eigenvalue weighted by molar-refractivity contribution is 0.129. The van der Waals surface area contributed by atoms with Crippen molar-refractivity contribution in [2.75, 3.05) is 23.0 Å². The van der Waals surface area contributed by atoms with E-state index in [1.807, 2.05) is 45.2 Å². The van der Waals surface area contributed by atoms with Crippen LogP contribution in [0.25, 0.3) is 5.57 Å². The number of anilines is 1. The van der Waals surface area contributed by atoms with Crippen molar-refractivity contribution in [3.63, 3.8) is 0 Å². The highest BCUT2D eigenvalue weighted by Crippen LogP contribution is 2.33. The molecule has 1 fully saturated rings. The molecule has 1 amide bonds. The van der Waals surface area contributed by atoms with Gasteiger partial charge in [-0.05, 0) is 55.2 Å². The molecule has 9 heteroatoms. The predicted octanol–water partition coefficient (Wildman–Crippen LogP) is 2.67. The number of amides is 1. The lowest BCUT2D eigenvalue weighted by Gasteiger charge is -2.18. The van der Waals surface area contributed by atoms with Gasteiger partial charge in [-0.15, -0.1) is 5.10 Å². The molecule has 28 heavy (non-hydrogen) atoms. The fourth-order valence-corrected chi connectivity index (χ4v) is 5.25. The van der Waals surface area contributed by atoms with Gasteiger partial charge >= 0.3 is 6.09 Å². The van der Waals surface area contributed by atoms with Gasteiger partial charge in [0.25, 0.3) is 0 Å². The highest BCUT2D eigenvalue weighted by atomic mass is 32.2. The van der Waals surface area contributed by atoms with Gasteiger partial charge in [0.15, 0.2) is 0 Å². The molecule has 0 saturated carbocycles. The second-order valence-electron chi connectivity index (χ2n) is 7.51. The molecule has 1 aromatic heterocycles. The topological polar surface area (TPSA) is 101 Å². The van der Waals surface area contributed by atoms with Crippen LogP contribution in [0.2, 0.25) is 0 Å². The number of ether oxygens (including phenoxy) is 1. The van der Waals surface area contributed by atoms with Gasteiger partial charge in [0.05, 0.1) is 40.0 Å². The van der Waals surface area contributed by atoms with E-state index in [0.29, 0.717) is 24.6 Å². The third kappa shape index (κ3) is 3.54. The van der Waals surface area contributed by atoms with Crippen molar-refractivity contribution in [3.05, 3.63) is 46.8 Å². The fourth-order valence-electron chi connectivity index (χ4n) is 3.90.